The van der Waals surface area contributed by atoms with Crippen molar-refractivity contribution in [2.24, 2.45) is 4.99 Å². The Kier molecular flexibility index (Phi) is 4.74. The van der Waals surface area contributed by atoms with E-state index in [2.05, 4.69) is 65.6 Å². The fourth-order valence-electron chi connectivity index (χ4n) is 2.54. The van der Waals surface area contributed by atoms with Gasteiger partial charge in [-0.05, 0) is 46.6 Å². The van der Waals surface area contributed by atoms with Gasteiger partial charge >= 0.3 is 0 Å². The van der Waals surface area contributed by atoms with Crippen molar-refractivity contribution in [2.45, 2.75) is 59.3 Å². The number of rotatable bonds is 2. The van der Waals surface area contributed by atoms with E-state index in [4.69, 9.17) is 4.99 Å². The Hall–Kier alpha value is -1.96. The van der Waals surface area contributed by atoms with Gasteiger partial charge in [0.2, 0.25) is 0 Å². The summed E-state index contributed by atoms with van der Waals surface area (Å²) in [7, 11) is 0. The van der Waals surface area contributed by atoms with E-state index in [1.807, 2.05) is 24.4 Å². The van der Waals surface area contributed by atoms with Crippen LogP contribution in [0.5, 0.6) is 0 Å². The molecule has 0 atom stereocenters. The van der Waals surface area contributed by atoms with Crippen molar-refractivity contribution in [2.75, 3.05) is 0 Å². The highest BCUT2D eigenvalue weighted by atomic mass is 14.8. The summed E-state index contributed by atoms with van der Waals surface area (Å²) < 4.78 is 0. The van der Waals surface area contributed by atoms with Crippen LogP contribution in [0, 0.1) is 6.92 Å². The molecular weight excluding hydrogens is 280 g/mol. The molecule has 0 radical (unpaired) electrons. The van der Waals surface area contributed by atoms with E-state index in [1.165, 1.54) is 16.7 Å². The van der Waals surface area contributed by atoms with Gasteiger partial charge in [-0.1, -0.05) is 59.7 Å². The fourth-order valence-corrected chi connectivity index (χ4v) is 2.54. The maximum Gasteiger partial charge on any atom is 0.0812 e. The average molecular weight is 308 g/mol. The van der Waals surface area contributed by atoms with Gasteiger partial charge in [0.25, 0.3) is 0 Å². The third-order valence-electron chi connectivity index (χ3n) is 3.99. The zero-order chi connectivity index (χ0) is 17.3. The molecule has 122 valence electrons. The van der Waals surface area contributed by atoms with Crippen molar-refractivity contribution in [3.05, 3.63) is 58.9 Å². The first-order valence-corrected chi connectivity index (χ1v) is 8.20. The summed E-state index contributed by atoms with van der Waals surface area (Å²) in [5, 5.41) is 0. The summed E-state index contributed by atoms with van der Waals surface area (Å²) >= 11 is 0. The van der Waals surface area contributed by atoms with Crippen LogP contribution in [0.2, 0.25) is 0 Å². The van der Waals surface area contributed by atoms with Gasteiger partial charge in [-0.2, -0.15) is 0 Å². The second kappa shape index (κ2) is 6.27. The molecule has 0 N–H and O–H groups in total. The topological polar surface area (TPSA) is 25.2 Å². The molecule has 23 heavy (non-hydrogen) atoms. The van der Waals surface area contributed by atoms with Crippen LogP contribution in [0.4, 0.5) is 5.69 Å². The van der Waals surface area contributed by atoms with Gasteiger partial charge < -0.3 is 0 Å². The highest BCUT2D eigenvalue weighted by Crippen LogP contribution is 2.38. The number of hydrogen-bond donors (Lipinski definition) is 0. The van der Waals surface area contributed by atoms with Gasteiger partial charge in [0, 0.05) is 6.20 Å². The Balaban J connectivity index is 2.56. The third-order valence-corrected chi connectivity index (χ3v) is 3.99. The summed E-state index contributed by atoms with van der Waals surface area (Å²) in [6.45, 7) is 15.6. The highest BCUT2D eigenvalue weighted by molar-refractivity contribution is 5.80. The molecule has 0 aliphatic carbocycles. The Labute approximate surface area is 140 Å². The van der Waals surface area contributed by atoms with Crippen molar-refractivity contribution in [3.8, 4) is 0 Å². The number of aryl methyl sites for hydroxylation is 1. The molecule has 1 aromatic carbocycles. The molecule has 1 aromatic heterocycles. The number of aliphatic imine (C=N–C) groups is 1. The minimum Gasteiger partial charge on any atom is -0.255 e. The van der Waals surface area contributed by atoms with Crippen molar-refractivity contribution in [1.29, 1.82) is 0 Å². The lowest BCUT2D eigenvalue weighted by Crippen LogP contribution is -2.17. The van der Waals surface area contributed by atoms with Crippen LogP contribution in [0.3, 0.4) is 0 Å². The molecule has 0 aliphatic rings. The van der Waals surface area contributed by atoms with E-state index in [0.717, 1.165) is 11.4 Å². The summed E-state index contributed by atoms with van der Waals surface area (Å²) in [4.78, 5) is 9.10. The normalized spacial score (nSPS) is 12.8. The first kappa shape index (κ1) is 17.4. The summed E-state index contributed by atoms with van der Waals surface area (Å²) in [6.07, 6.45) is 3.65. The Bertz CT molecular complexity index is 699. The molecule has 0 aliphatic heterocycles. The zero-order valence-electron chi connectivity index (χ0n) is 15.4. The molecule has 0 bridgehead atoms. The number of hydrogen-bond acceptors (Lipinski definition) is 2. The van der Waals surface area contributed by atoms with E-state index in [9.17, 15) is 0 Å². The van der Waals surface area contributed by atoms with E-state index < -0.39 is 0 Å². The van der Waals surface area contributed by atoms with Gasteiger partial charge in [-0.15, -0.1) is 0 Å². The van der Waals surface area contributed by atoms with Gasteiger partial charge in [0.05, 0.1) is 17.6 Å². The maximum absolute atomic E-state index is 4.78. The molecule has 0 saturated heterocycles. The Morgan fingerprint density at radius 1 is 0.957 bits per heavy atom. The quantitative estimate of drug-likeness (QED) is 0.650. The fraction of sp³-hybridized carbons (Fsp3) is 0.429. The average Bonchev–Trinajstić information content (AvgIpc) is 2.44. The van der Waals surface area contributed by atoms with Crippen molar-refractivity contribution < 1.29 is 0 Å². The lowest BCUT2D eigenvalue weighted by molar-refractivity contribution is 0.568. The maximum atomic E-state index is 4.78. The molecule has 2 rings (SSSR count). The molecular formula is C21H28N2. The predicted octanol–water partition coefficient (Wildman–Crippen LogP) is 5.74. The number of aromatic nitrogens is 1. The molecule has 2 heteroatoms. The van der Waals surface area contributed by atoms with Crippen LogP contribution in [0.25, 0.3) is 0 Å². The second-order valence-electron chi connectivity index (χ2n) is 8.20. The third kappa shape index (κ3) is 4.28. The van der Waals surface area contributed by atoms with Crippen molar-refractivity contribution >= 4 is 11.9 Å². The Morgan fingerprint density at radius 3 is 2.17 bits per heavy atom. The van der Waals surface area contributed by atoms with Gasteiger partial charge in [0.15, 0.2) is 0 Å². The summed E-state index contributed by atoms with van der Waals surface area (Å²) in [6, 6.07) is 10.5. The van der Waals surface area contributed by atoms with Crippen LogP contribution in [0.15, 0.2) is 41.5 Å². The molecule has 0 spiro atoms. The SMILES string of the molecule is Cc1cc(C(C)(C)C)cc(C(C)(C)C)c1N=Cc1ccccn1. The van der Waals surface area contributed by atoms with Crippen molar-refractivity contribution in [3.63, 3.8) is 0 Å². The van der Waals surface area contributed by atoms with Crippen LogP contribution >= 0.6 is 0 Å². The smallest absolute Gasteiger partial charge is 0.0812 e. The molecule has 0 fully saturated rings. The molecule has 0 saturated carbocycles. The van der Waals surface area contributed by atoms with E-state index in [0.29, 0.717) is 0 Å². The van der Waals surface area contributed by atoms with E-state index in [1.54, 1.807) is 6.20 Å². The van der Waals surface area contributed by atoms with E-state index >= 15 is 0 Å². The first-order valence-electron chi connectivity index (χ1n) is 8.20. The predicted molar refractivity (Wildman–Crippen MR) is 100 cm³/mol. The largest absolute Gasteiger partial charge is 0.255 e. The van der Waals surface area contributed by atoms with Gasteiger partial charge in [-0.25, -0.2) is 0 Å². The second-order valence-corrected chi connectivity index (χ2v) is 8.20. The zero-order valence-corrected chi connectivity index (χ0v) is 15.4. The van der Waals surface area contributed by atoms with Crippen LogP contribution < -0.4 is 0 Å². The number of benzene rings is 1. The number of nitrogens with zero attached hydrogens (tertiary/aromatic N) is 2. The van der Waals surface area contributed by atoms with Crippen LogP contribution in [-0.4, -0.2) is 11.2 Å². The van der Waals surface area contributed by atoms with Crippen molar-refractivity contribution in [1.82, 2.24) is 4.98 Å². The Morgan fingerprint density at radius 2 is 1.65 bits per heavy atom. The van der Waals surface area contributed by atoms with E-state index in [-0.39, 0.29) is 10.8 Å². The summed E-state index contributed by atoms with van der Waals surface area (Å²) in [5.74, 6) is 0. The molecule has 1 heterocycles. The van der Waals surface area contributed by atoms with Gasteiger partial charge in [0.1, 0.15) is 0 Å². The highest BCUT2D eigenvalue weighted by Gasteiger charge is 2.23. The monoisotopic (exact) mass is 308 g/mol. The van der Waals surface area contributed by atoms with Gasteiger partial charge in [-0.3, -0.25) is 9.98 Å². The first-order chi connectivity index (χ1) is 10.6. The van der Waals surface area contributed by atoms with Crippen LogP contribution in [0.1, 0.15) is 63.9 Å². The minimum absolute atomic E-state index is 0.0445. The molecule has 0 amide bonds. The molecule has 2 nitrogen and oxygen atoms in total. The molecule has 0 unspecified atom stereocenters. The minimum atomic E-state index is 0.0445. The molecule has 2 aromatic rings. The van der Waals surface area contributed by atoms with Crippen LogP contribution in [-0.2, 0) is 10.8 Å². The lowest BCUT2D eigenvalue weighted by Gasteiger charge is -2.27. The standard InChI is InChI=1S/C21H28N2/c1-15-12-16(20(2,3)4)13-18(21(5,6)7)19(15)23-14-17-10-8-9-11-22-17/h8-14H,1-7H3. The summed E-state index contributed by atoms with van der Waals surface area (Å²) in [5.41, 5.74) is 5.99. The number of pyridine rings is 1. The lowest BCUT2D eigenvalue weighted by atomic mass is 9.78.